The molecule has 0 bridgehead atoms. The molecule has 19 heavy (non-hydrogen) atoms. The highest BCUT2D eigenvalue weighted by Gasteiger charge is 2.30. The molecular formula is C13H17N3O3. The van der Waals surface area contributed by atoms with Crippen LogP contribution in [0.5, 0.6) is 5.75 Å². The number of urea groups is 1. The van der Waals surface area contributed by atoms with Crippen molar-refractivity contribution in [2.75, 3.05) is 20.2 Å². The summed E-state index contributed by atoms with van der Waals surface area (Å²) in [7, 11) is 1.56. The van der Waals surface area contributed by atoms with Gasteiger partial charge in [0.25, 0.3) is 0 Å². The highest BCUT2D eigenvalue weighted by Crippen LogP contribution is 2.25. The highest BCUT2D eigenvalue weighted by atomic mass is 16.5. The van der Waals surface area contributed by atoms with Crippen LogP contribution >= 0.6 is 0 Å². The third-order valence-electron chi connectivity index (χ3n) is 3.10. The number of nitrogens with zero attached hydrogens (tertiary/aromatic N) is 1. The molecule has 0 aromatic heterocycles. The van der Waals surface area contributed by atoms with E-state index in [0.29, 0.717) is 5.75 Å². The maximum atomic E-state index is 11.5. The molecule has 1 unspecified atom stereocenters. The summed E-state index contributed by atoms with van der Waals surface area (Å²) in [6, 6.07) is 4.79. The Morgan fingerprint density at radius 1 is 1.47 bits per heavy atom. The van der Waals surface area contributed by atoms with Gasteiger partial charge in [0.1, 0.15) is 5.75 Å². The van der Waals surface area contributed by atoms with Crippen molar-refractivity contribution in [3.8, 4) is 5.75 Å². The van der Waals surface area contributed by atoms with Crippen LogP contribution in [0.15, 0.2) is 18.2 Å². The molecule has 0 aliphatic carbocycles. The largest absolute Gasteiger partial charge is 0.496 e. The topological polar surface area (TPSA) is 84.7 Å². The normalized spacial score (nSPS) is 16.5. The van der Waals surface area contributed by atoms with E-state index in [1.165, 1.54) is 0 Å². The molecule has 3 N–H and O–H groups in total. The molecule has 1 atom stereocenters. The van der Waals surface area contributed by atoms with E-state index in [9.17, 15) is 9.59 Å². The number of hydrogen-bond donors (Lipinski definition) is 2. The van der Waals surface area contributed by atoms with Crippen molar-refractivity contribution in [2.24, 2.45) is 5.73 Å². The van der Waals surface area contributed by atoms with E-state index in [1.807, 2.05) is 25.1 Å². The van der Waals surface area contributed by atoms with Gasteiger partial charge < -0.3 is 15.8 Å². The first-order chi connectivity index (χ1) is 9.02. The minimum atomic E-state index is -0.470. The van der Waals surface area contributed by atoms with Crippen LogP contribution < -0.4 is 15.8 Å². The van der Waals surface area contributed by atoms with E-state index in [-0.39, 0.29) is 19.0 Å². The van der Waals surface area contributed by atoms with Gasteiger partial charge in [0, 0.05) is 12.1 Å². The number of nitrogens with two attached hydrogens (primary N) is 1. The Morgan fingerprint density at radius 2 is 2.21 bits per heavy atom. The molecule has 6 nitrogen and oxygen atoms in total. The number of rotatable bonds is 4. The van der Waals surface area contributed by atoms with Gasteiger partial charge >= 0.3 is 6.03 Å². The summed E-state index contributed by atoms with van der Waals surface area (Å²) in [5, 5.41) is 2.47. The number of imide groups is 1. The minimum Gasteiger partial charge on any atom is -0.496 e. The fraction of sp³-hybridized carbons (Fsp3) is 0.385. The van der Waals surface area contributed by atoms with Crippen LogP contribution in [-0.4, -0.2) is 37.0 Å². The van der Waals surface area contributed by atoms with Gasteiger partial charge in [-0.2, -0.15) is 0 Å². The molecular weight excluding hydrogens is 246 g/mol. The van der Waals surface area contributed by atoms with Crippen molar-refractivity contribution in [3.63, 3.8) is 0 Å². The second-order valence-electron chi connectivity index (χ2n) is 4.51. The smallest absolute Gasteiger partial charge is 0.324 e. The summed E-state index contributed by atoms with van der Waals surface area (Å²) in [5.41, 5.74) is 7.92. The standard InChI is InChI=1S/C13H17N3O3/c1-8-3-4-11(19-2)9(5-8)10(14)7-16-12(17)6-15-13(16)18/h3-5,10H,6-7,14H2,1-2H3,(H,15,18). The molecule has 1 aliphatic heterocycles. The van der Waals surface area contributed by atoms with Gasteiger partial charge in [-0.1, -0.05) is 17.7 Å². The Kier molecular flexibility index (Phi) is 3.71. The number of benzene rings is 1. The molecule has 0 spiro atoms. The summed E-state index contributed by atoms with van der Waals surface area (Å²) < 4.78 is 5.26. The fourth-order valence-corrected chi connectivity index (χ4v) is 2.08. The summed E-state index contributed by atoms with van der Waals surface area (Å²) in [4.78, 5) is 24.1. The number of ether oxygens (including phenoxy) is 1. The van der Waals surface area contributed by atoms with Gasteiger partial charge in [-0.25, -0.2) is 4.79 Å². The van der Waals surface area contributed by atoms with Gasteiger partial charge in [-0.15, -0.1) is 0 Å². The lowest BCUT2D eigenvalue weighted by Gasteiger charge is -2.20. The number of hydrogen-bond acceptors (Lipinski definition) is 4. The van der Waals surface area contributed by atoms with Crippen LogP contribution in [0.1, 0.15) is 17.2 Å². The third kappa shape index (κ3) is 2.68. The fourth-order valence-electron chi connectivity index (χ4n) is 2.08. The van der Waals surface area contributed by atoms with Crippen LogP contribution in [-0.2, 0) is 4.79 Å². The highest BCUT2D eigenvalue weighted by molar-refractivity contribution is 6.01. The molecule has 1 fully saturated rings. The molecule has 6 heteroatoms. The van der Waals surface area contributed by atoms with Crippen molar-refractivity contribution in [3.05, 3.63) is 29.3 Å². The van der Waals surface area contributed by atoms with Crippen molar-refractivity contribution in [1.29, 1.82) is 0 Å². The van der Waals surface area contributed by atoms with Gasteiger partial charge in [0.2, 0.25) is 5.91 Å². The first kappa shape index (κ1) is 13.4. The van der Waals surface area contributed by atoms with Gasteiger partial charge in [0.05, 0.1) is 19.7 Å². The van der Waals surface area contributed by atoms with E-state index in [0.717, 1.165) is 16.0 Å². The Bertz CT molecular complexity index is 500. The second-order valence-corrected chi connectivity index (χ2v) is 4.51. The summed E-state index contributed by atoms with van der Waals surface area (Å²) >= 11 is 0. The van der Waals surface area contributed by atoms with Crippen LogP contribution in [0.25, 0.3) is 0 Å². The van der Waals surface area contributed by atoms with Gasteiger partial charge in [-0.3, -0.25) is 9.69 Å². The van der Waals surface area contributed by atoms with Crippen molar-refractivity contribution in [2.45, 2.75) is 13.0 Å². The lowest BCUT2D eigenvalue weighted by atomic mass is 10.0. The molecule has 1 aromatic rings. The molecule has 3 amide bonds. The van der Waals surface area contributed by atoms with Gasteiger partial charge in [0.15, 0.2) is 0 Å². The number of nitrogens with one attached hydrogen (secondary N) is 1. The lowest BCUT2D eigenvalue weighted by Crippen LogP contribution is -2.37. The quantitative estimate of drug-likeness (QED) is 0.777. The van der Waals surface area contributed by atoms with E-state index in [2.05, 4.69) is 5.32 Å². The Labute approximate surface area is 111 Å². The van der Waals surface area contributed by atoms with Crippen molar-refractivity contribution in [1.82, 2.24) is 10.2 Å². The van der Waals surface area contributed by atoms with Crippen LogP contribution in [0.3, 0.4) is 0 Å². The molecule has 102 valence electrons. The van der Waals surface area contributed by atoms with E-state index < -0.39 is 12.1 Å². The molecule has 1 heterocycles. The van der Waals surface area contributed by atoms with E-state index in [4.69, 9.17) is 10.5 Å². The maximum Gasteiger partial charge on any atom is 0.324 e. The first-order valence-corrected chi connectivity index (χ1v) is 6.01. The molecule has 2 rings (SSSR count). The Balaban J connectivity index is 2.20. The zero-order valence-corrected chi connectivity index (χ0v) is 11.0. The molecule has 0 saturated carbocycles. The van der Waals surface area contributed by atoms with Crippen LogP contribution in [0, 0.1) is 6.92 Å². The average molecular weight is 263 g/mol. The van der Waals surface area contributed by atoms with E-state index >= 15 is 0 Å². The van der Waals surface area contributed by atoms with Gasteiger partial charge in [-0.05, 0) is 13.0 Å². The molecule has 1 aliphatic rings. The summed E-state index contributed by atoms with van der Waals surface area (Å²) in [6.07, 6.45) is 0. The predicted octanol–water partition coefficient (Wildman–Crippen LogP) is 0.555. The zero-order valence-electron chi connectivity index (χ0n) is 11.0. The van der Waals surface area contributed by atoms with Crippen LogP contribution in [0.4, 0.5) is 4.79 Å². The molecule has 0 radical (unpaired) electrons. The van der Waals surface area contributed by atoms with Crippen molar-refractivity contribution >= 4 is 11.9 Å². The number of amides is 3. The summed E-state index contributed by atoms with van der Waals surface area (Å²) in [6.45, 7) is 2.13. The van der Waals surface area contributed by atoms with E-state index in [1.54, 1.807) is 7.11 Å². The first-order valence-electron chi connectivity index (χ1n) is 6.01. The van der Waals surface area contributed by atoms with Crippen molar-refractivity contribution < 1.29 is 14.3 Å². The number of aryl methyl sites for hydroxylation is 1. The van der Waals surface area contributed by atoms with Crippen LogP contribution in [0.2, 0.25) is 0 Å². The third-order valence-corrected chi connectivity index (χ3v) is 3.10. The zero-order chi connectivity index (χ0) is 14.0. The maximum absolute atomic E-state index is 11.5. The minimum absolute atomic E-state index is 0.0382. The molecule has 1 saturated heterocycles. The summed E-state index contributed by atoms with van der Waals surface area (Å²) in [5.74, 6) is 0.400. The molecule has 1 aromatic carbocycles. The monoisotopic (exact) mass is 263 g/mol. The lowest BCUT2D eigenvalue weighted by molar-refractivity contribution is -0.125. The predicted molar refractivity (Wildman–Crippen MR) is 69.8 cm³/mol. The Hall–Kier alpha value is -2.08. The Morgan fingerprint density at radius 3 is 2.79 bits per heavy atom. The number of carbonyl (C=O) groups excluding carboxylic acids is 2. The average Bonchev–Trinajstić information content (AvgIpc) is 2.70. The number of methoxy groups -OCH3 is 1. The SMILES string of the molecule is COc1ccc(C)cc1C(N)CN1C(=O)CNC1=O. The number of carbonyl (C=O) groups is 2. The second kappa shape index (κ2) is 5.27.